The van der Waals surface area contributed by atoms with E-state index in [9.17, 15) is 0 Å². The van der Waals surface area contributed by atoms with Gasteiger partial charge in [0.2, 0.25) is 0 Å². The monoisotopic (exact) mass is 218 g/mol. The highest BCUT2D eigenvalue weighted by Gasteiger charge is 2.08. The van der Waals surface area contributed by atoms with Gasteiger partial charge in [-0.3, -0.25) is 4.98 Å². The van der Waals surface area contributed by atoms with Crippen molar-refractivity contribution in [3.8, 4) is 0 Å². The van der Waals surface area contributed by atoms with Crippen LogP contribution in [-0.2, 0) is 0 Å². The molecule has 0 saturated carbocycles. The highest BCUT2D eigenvalue weighted by molar-refractivity contribution is 6.30. The molecule has 0 spiro atoms. The minimum Gasteiger partial charge on any atom is -0.320 e. The van der Waals surface area contributed by atoms with Crippen LogP contribution < -0.4 is 5.73 Å². The fourth-order valence-corrected chi connectivity index (χ4v) is 1.65. The molecule has 0 unspecified atom stereocenters. The first-order valence-corrected chi connectivity index (χ1v) is 5.06. The van der Waals surface area contributed by atoms with Crippen LogP contribution in [0.2, 0.25) is 5.02 Å². The molecule has 1 aromatic carbocycles. The molecule has 1 atom stereocenters. The summed E-state index contributed by atoms with van der Waals surface area (Å²) in [6, 6.07) is 11.2. The molecule has 0 aliphatic heterocycles. The maximum absolute atomic E-state index is 6.09. The van der Waals surface area contributed by atoms with Gasteiger partial charge in [0, 0.05) is 17.4 Å². The summed E-state index contributed by atoms with van der Waals surface area (Å²) in [6.07, 6.45) is 3.50. The highest BCUT2D eigenvalue weighted by Crippen LogP contribution is 2.21. The Bertz CT molecular complexity index is 442. The Labute approximate surface area is 93.7 Å². The minimum absolute atomic E-state index is 0.169. The SMILES string of the molecule is N[C@@H](c1cccnc1)c1cccc(Cl)c1. The van der Waals surface area contributed by atoms with Crippen LogP contribution in [0.4, 0.5) is 0 Å². The Hall–Kier alpha value is -1.38. The van der Waals surface area contributed by atoms with Crippen LogP contribution in [0.15, 0.2) is 48.8 Å². The first-order chi connectivity index (χ1) is 7.27. The van der Waals surface area contributed by atoms with Gasteiger partial charge in [-0.2, -0.15) is 0 Å². The summed E-state index contributed by atoms with van der Waals surface area (Å²) in [4.78, 5) is 4.04. The number of nitrogens with zero attached hydrogens (tertiary/aromatic N) is 1. The lowest BCUT2D eigenvalue weighted by molar-refractivity contribution is 0.863. The van der Waals surface area contributed by atoms with Gasteiger partial charge in [0.05, 0.1) is 6.04 Å². The summed E-state index contributed by atoms with van der Waals surface area (Å²) in [5.74, 6) is 0. The van der Waals surface area contributed by atoms with Crippen LogP contribution in [0.3, 0.4) is 0 Å². The lowest BCUT2D eigenvalue weighted by Crippen LogP contribution is -2.11. The molecule has 2 N–H and O–H groups in total. The van der Waals surface area contributed by atoms with Crippen molar-refractivity contribution < 1.29 is 0 Å². The molecule has 0 aliphatic carbocycles. The van der Waals surface area contributed by atoms with Gasteiger partial charge >= 0.3 is 0 Å². The molecule has 1 heterocycles. The first-order valence-electron chi connectivity index (χ1n) is 4.68. The average Bonchev–Trinajstić information content (AvgIpc) is 2.29. The molecule has 0 amide bonds. The number of aromatic nitrogens is 1. The minimum atomic E-state index is -0.169. The maximum Gasteiger partial charge on any atom is 0.0567 e. The smallest absolute Gasteiger partial charge is 0.0567 e. The summed E-state index contributed by atoms with van der Waals surface area (Å²) in [7, 11) is 0. The Kier molecular flexibility index (Phi) is 2.99. The molecule has 1 aromatic heterocycles. The predicted molar refractivity (Wildman–Crippen MR) is 61.7 cm³/mol. The Morgan fingerprint density at radius 1 is 1.13 bits per heavy atom. The van der Waals surface area contributed by atoms with Gasteiger partial charge < -0.3 is 5.73 Å². The number of halogens is 1. The topological polar surface area (TPSA) is 38.9 Å². The van der Waals surface area contributed by atoms with Crippen LogP contribution in [0.1, 0.15) is 17.2 Å². The molecule has 0 saturated heterocycles. The molecule has 0 bridgehead atoms. The standard InChI is InChI=1S/C12H11ClN2/c13-11-5-1-3-9(7-11)12(14)10-4-2-6-15-8-10/h1-8,12H,14H2/t12-/m1/s1. The van der Waals surface area contributed by atoms with Crippen molar-refractivity contribution in [2.45, 2.75) is 6.04 Å². The third-order valence-corrected chi connectivity index (χ3v) is 2.49. The zero-order valence-corrected chi connectivity index (χ0v) is 8.85. The van der Waals surface area contributed by atoms with Crippen molar-refractivity contribution in [3.05, 3.63) is 64.9 Å². The Morgan fingerprint density at radius 2 is 1.93 bits per heavy atom. The van der Waals surface area contributed by atoms with Gasteiger partial charge in [-0.1, -0.05) is 29.8 Å². The van der Waals surface area contributed by atoms with Crippen molar-refractivity contribution in [1.29, 1.82) is 0 Å². The van der Waals surface area contributed by atoms with Crippen LogP contribution in [0.5, 0.6) is 0 Å². The van der Waals surface area contributed by atoms with E-state index in [0.717, 1.165) is 11.1 Å². The van der Waals surface area contributed by atoms with Gasteiger partial charge in [-0.05, 0) is 29.3 Å². The lowest BCUT2D eigenvalue weighted by Gasteiger charge is -2.11. The fourth-order valence-electron chi connectivity index (χ4n) is 1.45. The van der Waals surface area contributed by atoms with Crippen molar-refractivity contribution in [2.24, 2.45) is 5.73 Å². The first kappa shape index (κ1) is 10.1. The van der Waals surface area contributed by atoms with E-state index in [-0.39, 0.29) is 6.04 Å². The summed E-state index contributed by atoms with van der Waals surface area (Å²) in [5, 5.41) is 0.701. The number of pyridine rings is 1. The number of benzene rings is 1. The molecule has 2 rings (SSSR count). The summed E-state index contributed by atoms with van der Waals surface area (Å²) in [6.45, 7) is 0. The number of nitrogens with two attached hydrogens (primary N) is 1. The van der Waals surface area contributed by atoms with E-state index in [1.165, 1.54) is 0 Å². The van der Waals surface area contributed by atoms with E-state index in [4.69, 9.17) is 17.3 Å². The molecule has 76 valence electrons. The summed E-state index contributed by atoms with van der Waals surface area (Å²) < 4.78 is 0. The second-order valence-electron chi connectivity index (χ2n) is 3.32. The van der Waals surface area contributed by atoms with Crippen molar-refractivity contribution in [3.63, 3.8) is 0 Å². The van der Waals surface area contributed by atoms with Crippen LogP contribution >= 0.6 is 11.6 Å². The molecule has 2 aromatic rings. The Balaban J connectivity index is 2.32. The molecule has 0 radical (unpaired) electrons. The molecule has 3 heteroatoms. The third-order valence-electron chi connectivity index (χ3n) is 2.25. The summed E-state index contributed by atoms with van der Waals surface area (Å²) in [5.41, 5.74) is 8.07. The van der Waals surface area contributed by atoms with Gasteiger partial charge in [-0.25, -0.2) is 0 Å². The maximum atomic E-state index is 6.09. The van der Waals surface area contributed by atoms with E-state index in [1.54, 1.807) is 12.4 Å². The van der Waals surface area contributed by atoms with Gasteiger partial charge in [0.1, 0.15) is 0 Å². The second kappa shape index (κ2) is 4.43. The Morgan fingerprint density at radius 3 is 2.60 bits per heavy atom. The van der Waals surface area contributed by atoms with Crippen molar-refractivity contribution >= 4 is 11.6 Å². The van der Waals surface area contributed by atoms with E-state index in [1.807, 2.05) is 36.4 Å². The van der Waals surface area contributed by atoms with Crippen LogP contribution in [-0.4, -0.2) is 4.98 Å². The molecule has 0 fully saturated rings. The van der Waals surface area contributed by atoms with Crippen molar-refractivity contribution in [2.75, 3.05) is 0 Å². The highest BCUT2D eigenvalue weighted by atomic mass is 35.5. The number of hydrogen-bond donors (Lipinski definition) is 1. The fraction of sp³-hybridized carbons (Fsp3) is 0.0833. The molecular weight excluding hydrogens is 208 g/mol. The predicted octanol–water partition coefficient (Wildman–Crippen LogP) is 2.78. The van der Waals surface area contributed by atoms with Crippen molar-refractivity contribution in [1.82, 2.24) is 4.98 Å². The number of hydrogen-bond acceptors (Lipinski definition) is 2. The zero-order valence-electron chi connectivity index (χ0n) is 8.10. The van der Waals surface area contributed by atoms with Crippen LogP contribution in [0.25, 0.3) is 0 Å². The van der Waals surface area contributed by atoms with E-state index in [0.29, 0.717) is 5.02 Å². The second-order valence-corrected chi connectivity index (χ2v) is 3.76. The average molecular weight is 219 g/mol. The largest absolute Gasteiger partial charge is 0.320 e. The molecule has 2 nitrogen and oxygen atoms in total. The van der Waals surface area contributed by atoms with Crippen LogP contribution in [0, 0.1) is 0 Å². The zero-order chi connectivity index (χ0) is 10.7. The van der Waals surface area contributed by atoms with Gasteiger partial charge in [0.25, 0.3) is 0 Å². The van der Waals surface area contributed by atoms with E-state index >= 15 is 0 Å². The quantitative estimate of drug-likeness (QED) is 0.842. The van der Waals surface area contributed by atoms with E-state index in [2.05, 4.69) is 4.98 Å². The molecular formula is C12H11ClN2. The molecule has 0 aliphatic rings. The van der Waals surface area contributed by atoms with E-state index < -0.39 is 0 Å². The lowest BCUT2D eigenvalue weighted by atomic mass is 10.0. The summed E-state index contributed by atoms with van der Waals surface area (Å²) >= 11 is 5.91. The normalized spacial score (nSPS) is 12.4. The third kappa shape index (κ3) is 2.35. The van der Waals surface area contributed by atoms with Gasteiger partial charge in [0.15, 0.2) is 0 Å². The van der Waals surface area contributed by atoms with Gasteiger partial charge in [-0.15, -0.1) is 0 Å². The number of rotatable bonds is 2. The molecule has 15 heavy (non-hydrogen) atoms.